The third-order valence-corrected chi connectivity index (χ3v) is 11.3. The molecule has 1 aliphatic rings. The monoisotopic (exact) mass is 765 g/mol. The highest BCUT2D eigenvalue weighted by Gasteiger charge is 2.38. The molecule has 0 aliphatic heterocycles. The van der Waals surface area contributed by atoms with Crippen LogP contribution in [0.5, 0.6) is 0 Å². The van der Waals surface area contributed by atoms with Crippen molar-refractivity contribution in [3.05, 3.63) is 129 Å². The fourth-order valence-corrected chi connectivity index (χ4v) is 8.12. The van der Waals surface area contributed by atoms with Crippen LogP contribution in [-0.2, 0) is 38.8 Å². The quantitative estimate of drug-likeness (QED) is 0.157. The van der Waals surface area contributed by atoms with Crippen LogP contribution in [0.15, 0.2) is 102 Å². The molecule has 2 amide bonds. The van der Waals surface area contributed by atoms with Gasteiger partial charge in [-0.3, -0.25) is 13.9 Å². The molecule has 50 heavy (non-hydrogen) atoms. The molecule has 1 aliphatic carbocycles. The first kappa shape index (κ1) is 37.5. The molecule has 5 rings (SSSR count). The normalized spacial score (nSPS) is 14.3. The van der Waals surface area contributed by atoms with E-state index in [-0.39, 0.29) is 39.0 Å². The maximum atomic E-state index is 14.7. The van der Waals surface area contributed by atoms with Crippen molar-refractivity contribution in [3.63, 3.8) is 0 Å². The zero-order chi connectivity index (χ0) is 36.1. The Morgan fingerprint density at radius 1 is 0.820 bits per heavy atom. The molecule has 1 saturated carbocycles. The maximum Gasteiger partial charge on any atom is 0.416 e. The number of rotatable bonds is 12. The number of hydrogen-bond donors (Lipinski definition) is 1. The summed E-state index contributed by atoms with van der Waals surface area (Å²) in [5.41, 5.74) is -0.734. The van der Waals surface area contributed by atoms with Crippen molar-refractivity contribution in [2.75, 3.05) is 10.8 Å². The fourth-order valence-electron chi connectivity index (χ4n) is 5.89. The lowest BCUT2D eigenvalue weighted by molar-refractivity contribution is -0.140. The topological polar surface area (TPSA) is 86.8 Å². The van der Waals surface area contributed by atoms with Crippen molar-refractivity contribution in [3.8, 4) is 0 Å². The fraction of sp³-hybridized carbons (Fsp3) is 0.278. The Morgan fingerprint density at radius 2 is 1.42 bits per heavy atom. The van der Waals surface area contributed by atoms with Crippen LogP contribution < -0.4 is 9.62 Å². The SMILES string of the molecule is O=C(NC1CCCC1)C(Cc1ccccc1)N(Cc1c(Cl)cccc1Cl)C(=O)CN(c1cc(C(F)(F)F)ccc1Cl)S(=O)(=O)c1ccccc1. The summed E-state index contributed by atoms with van der Waals surface area (Å²) in [5.74, 6) is -1.39. The van der Waals surface area contributed by atoms with Gasteiger partial charge < -0.3 is 10.2 Å². The highest BCUT2D eigenvalue weighted by molar-refractivity contribution is 7.92. The molecule has 4 aromatic rings. The minimum atomic E-state index is -4.85. The van der Waals surface area contributed by atoms with Crippen LogP contribution in [0.3, 0.4) is 0 Å². The van der Waals surface area contributed by atoms with Gasteiger partial charge >= 0.3 is 6.18 Å². The highest BCUT2D eigenvalue weighted by Crippen LogP contribution is 2.38. The van der Waals surface area contributed by atoms with Gasteiger partial charge in [-0.15, -0.1) is 0 Å². The van der Waals surface area contributed by atoms with Gasteiger partial charge in [0.25, 0.3) is 10.0 Å². The van der Waals surface area contributed by atoms with Gasteiger partial charge in [0.2, 0.25) is 11.8 Å². The highest BCUT2D eigenvalue weighted by atomic mass is 35.5. The lowest BCUT2D eigenvalue weighted by Gasteiger charge is -2.35. The van der Waals surface area contributed by atoms with Crippen LogP contribution in [0.2, 0.25) is 15.1 Å². The second-order valence-electron chi connectivity index (χ2n) is 11.9. The third-order valence-electron chi connectivity index (χ3n) is 8.52. The molecule has 0 radical (unpaired) electrons. The Labute approximate surface area is 304 Å². The average molecular weight is 767 g/mol. The Morgan fingerprint density at radius 3 is 2.02 bits per heavy atom. The number of carbonyl (C=O) groups excluding carboxylic acids is 2. The van der Waals surface area contributed by atoms with Gasteiger partial charge in [-0.05, 0) is 60.9 Å². The molecule has 1 atom stereocenters. The summed E-state index contributed by atoms with van der Waals surface area (Å²) in [4.78, 5) is 29.7. The van der Waals surface area contributed by atoms with E-state index in [1.54, 1.807) is 54.6 Å². The minimum Gasteiger partial charge on any atom is -0.352 e. The van der Waals surface area contributed by atoms with Crippen LogP contribution in [-0.4, -0.2) is 43.8 Å². The molecule has 264 valence electrons. The van der Waals surface area contributed by atoms with Gasteiger partial charge in [0.05, 0.1) is 21.2 Å². The number of nitrogens with one attached hydrogen (secondary N) is 1. The van der Waals surface area contributed by atoms with E-state index in [2.05, 4.69) is 5.32 Å². The number of hydrogen-bond acceptors (Lipinski definition) is 4. The lowest BCUT2D eigenvalue weighted by Crippen LogP contribution is -2.54. The Hall–Kier alpha value is -3.77. The van der Waals surface area contributed by atoms with Crippen LogP contribution in [0.25, 0.3) is 0 Å². The predicted octanol–water partition coefficient (Wildman–Crippen LogP) is 8.56. The van der Waals surface area contributed by atoms with Crippen molar-refractivity contribution < 1.29 is 31.2 Å². The van der Waals surface area contributed by atoms with Crippen molar-refractivity contribution in [1.82, 2.24) is 10.2 Å². The second-order valence-corrected chi connectivity index (χ2v) is 15.0. The second kappa shape index (κ2) is 16.1. The van der Waals surface area contributed by atoms with Crippen molar-refractivity contribution in [1.29, 1.82) is 0 Å². The molecular formula is C36H33Cl3F3N3O4S. The van der Waals surface area contributed by atoms with Gasteiger partial charge in [0, 0.05) is 34.6 Å². The number of halogens is 6. The summed E-state index contributed by atoms with van der Waals surface area (Å²) < 4.78 is 70.6. The smallest absolute Gasteiger partial charge is 0.352 e. The van der Waals surface area contributed by atoms with E-state index in [1.807, 2.05) is 0 Å². The Kier molecular flexibility index (Phi) is 12.0. The van der Waals surface area contributed by atoms with Crippen molar-refractivity contribution in [2.45, 2.75) is 61.8 Å². The molecule has 0 saturated heterocycles. The lowest BCUT2D eigenvalue weighted by atomic mass is 10.0. The molecule has 4 aromatic carbocycles. The third kappa shape index (κ3) is 8.93. The molecular weight excluding hydrogens is 734 g/mol. The zero-order valence-electron chi connectivity index (χ0n) is 26.5. The zero-order valence-corrected chi connectivity index (χ0v) is 29.6. The standard InChI is InChI=1S/C36H33Cl3F3N3O4S/c37-29-16-9-17-30(38)28(29)22-44(33(20-24-10-3-1-4-11-24)35(47)43-26-12-7-8-13-26)34(46)23-45(50(48,49)27-14-5-2-6-15-27)32-21-25(36(40,41)42)18-19-31(32)39/h1-6,9-11,14-19,21,26,33H,7-8,12-13,20,22-23H2,(H,43,47). The number of amides is 2. The molecule has 0 spiro atoms. The Bertz CT molecular complexity index is 1910. The van der Waals surface area contributed by atoms with Crippen molar-refractivity contribution >= 4 is 62.3 Å². The first-order chi connectivity index (χ1) is 23.8. The number of nitrogens with zero attached hydrogens (tertiary/aromatic N) is 2. The molecule has 0 heterocycles. The summed E-state index contributed by atoms with van der Waals surface area (Å²) in [7, 11) is -4.70. The molecule has 0 bridgehead atoms. The number of sulfonamides is 1. The molecule has 7 nitrogen and oxygen atoms in total. The summed E-state index contributed by atoms with van der Waals surface area (Å²) in [6, 6.07) is 21.5. The van der Waals surface area contributed by atoms with Gasteiger partial charge in [-0.25, -0.2) is 8.42 Å². The molecule has 1 fully saturated rings. The van der Waals surface area contributed by atoms with E-state index in [0.29, 0.717) is 21.5 Å². The number of carbonyl (C=O) groups is 2. The maximum absolute atomic E-state index is 14.7. The van der Waals surface area contributed by atoms with E-state index in [4.69, 9.17) is 34.8 Å². The van der Waals surface area contributed by atoms with Crippen LogP contribution >= 0.6 is 34.8 Å². The average Bonchev–Trinajstić information content (AvgIpc) is 3.60. The van der Waals surface area contributed by atoms with Crippen molar-refractivity contribution in [2.24, 2.45) is 0 Å². The number of benzene rings is 4. The summed E-state index contributed by atoms with van der Waals surface area (Å²) in [5, 5.41) is 3.09. The van der Waals surface area contributed by atoms with Crippen LogP contribution in [0.4, 0.5) is 18.9 Å². The largest absolute Gasteiger partial charge is 0.416 e. The van der Waals surface area contributed by atoms with Crippen LogP contribution in [0, 0.1) is 0 Å². The minimum absolute atomic E-state index is 0.0307. The summed E-state index contributed by atoms with van der Waals surface area (Å²) in [6.45, 7) is -1.33. The van der Waals surface area contributed by atoms with E-state index in [1.165, 1.54) is 29.2 Å². The van der Waals surface area contributed by atoms with E-state index < -0.39 is 51.9 Å². The van der Waals surface area contributed by atoms with E-state index >= 15 is 0 Å². The summed E-state index contributed by atoms with van der Waals surface area (Å²) >= 11 is 19.5. The molecule has 0 aromatic heterocycles. The molecule has 1 N–H and O–H groups in total. The number of anilines is 1. The van der Waals surface area contributed by atoms with Gasteiger partial charge in [0.1, 0.15) is 12.6 Å². The molecule has 1 unspecified atom stereocenters. The van der Waals surface area contributed by atoms with Gasteiger partial charge in [-0.2, -0.15) is 13.2 Å². The first-order valence-corrected chi connectivity index (χ1v) is 18.3. The first-order valence-electron chi connectivity index (χ1n) is 15.8. The van der Waals surface area contributed by atoms with E-state index in [0.717, 1.165) is 37.8 Å². The van der Waals surface area contributed by atoms with Gasteiger partial charge in [0.15, 0.2) is 0 Å². The van der Waals surface area contributed by atoms with E-state index in [9.17, 15) is 31.2 Å². The van der Waals surface area contributed by atoms with Crippen LogP contribution in [0.1, 0.15) is 42.4 Å². The predicted molar refractivity (Wildman–Crippen MR) is 189 cm³/mol. The van der Waals surface area contributed by atoms with Gasteiger partial charge in [-0.1, -0.05) is 102 Å². The summed E-state index contributed by atoms with van der Waals surface area (Å²) in [6.07, 6.45) is -1.46. The number of alkyl halides is 3. The molecule has 14 heteroatoms. The Balaban J connectivity index is 1.64.